The van der Waals surface area contributed by atoms with E-state index in [0.717, 1.165) is 37.2 Å². The molecule has 1 saturated heterocycles. The van der Waals surface area contributed by atoms with Crippen molar-refractivity contribution in [3.63, 3.8) is 0 Å². The molecule has 4 heteroatoms. The molecule has 112 valence electrons. The Labute approximate surface area is 126 Å². The van der Waals surface area contributed by atoms with Crippen molar-refractivity contribution in [3.05, 3.63) is 34.9 Å². The van der Waals surface area contributed by atoms with Gasteiger partial charge in [0.2, 0.25) is 0 Å². The molecule has 3 N–H and O–H groups in total. The molecular weight excluding hydrogens is 264 g/mol. The molecule has 0 aromatic heterocycles. The Morgan fingerprint density at radius 1 is 1.52 bits per heavy atom. The molecule has 1 amide bonds. The van der Waals surface area contributed by atoms with Crippen molar-refractivity contribution in [2.24, 2.45) is 11.7 Å². The van der Waals surface area contributed by atoms with Gasteiger partial charge in [0.1, 0.15) is 0 Å². The molecule has 1 atom stereocenters. The van der Waals surface area contributed by atoms with E-state index in [1.165, 1.54) is 0 Å². The van der Waals surface area contributed by atoms with Gasteiger partial charge in [0.15, 0.2) is 0 Å². The normalized spacial score (nSPS) is 17.1. The summed E-state index contributed by atoms with van der Waals surface area (Å²) in [6.07, 6.45) is 2.07. The van der Waals surface area contributed by atoms with Gasteiger partial charge >= 0.3 is 0 Å². The smallest absolute Gasteiger partial charge is 0.251 e. The quantitative estimate of drug-likeness (QED) is 0.824. The van der Waals surface area contributed by atoms with Gasteiger partial charge in [-0.25, -0.2) is 0 Å². The molecule has 2 rings (SSSR count). The number of nitrogens with one attached hydrogen (secondary N) is 1. The van der Waals surface area contributed by atoms with Crippen LogP contribution in [0.4, 0.5) is 0 Å². The number of rotatable bonds is 4. The molecule has 1 heterocycles. The Bertz CT molecular complexity index is 552. The number of ether oxygens (including phenoxy) is 1. The van der Waals surface area contributed by atoms with Crippen LogP contribution >= 0.6 is 0 Å². The van der Waals surface area contributed by atoms with Crippen LogP contribution in [0, 0.1) is 24.7 Å². The summed E-state index contributed by atoms with van der Waals surface area (Å²) in [5.41, 5.74) is 7.82. The third kappa shape index (κ3) is 4.59. The standard InChI is InChI=1S/C17H22N2O2/c1-13-4-5-14(3-2-8-18)11-16(13)17(20)19-9-6-15-7-10-21-12-15/h4-5,11,15H,6-10,12,18H2,1H3,(H,19,20). The first-order chi connectivity index (χ1) is 10.2. The van der Waals surface area contributed by atoms with Crippen molar-refractivity contribution in [1.29, 1.82) is 0 Å². The lowest BCUT2D eigenvalue weighted by atomic mass is 10.0. The average molecular weight is 286 g/mol. The summed E-state index contributed by atoms with van der Waals surface area (Å²) in [7, 11) is 0. The lowest BCUT2D eigenvalue weighted by molar-refractivity contribution is 0.0950. The van der Waals surface area contributed by atoms with Crippen molar-refractivity contribution >= 4 is 5.91 Å². The highest BCUT2D eigenvalue weighted by molar-refractivity contribution is 5.96. The van der Waals surface area contributed by atoms with E-state index in [1.807, 2.05) is 25.1 Å². The Hall–Kier alpha value is -1.83. The summed E-state index contributed by atoms with van der Waals surface area (Å²) in [5.74, 6) is 6.30. The molecule has 4 nitrogen and oxygen atoms in total. The number of carbonyl (C=O) groups excluding carboxylic acids is 1. The molecule has 0 aliphatic carbocycles. The van der Waals surface area contributed by atoms with E-state index in [1.54, 1.807) is 0 Å². The highest BCUT2D eigenvalue weighted by Gasteiger charge is 2.16. The zero-order valence-corrected chi connectivity index (χ0v) is 12.4. The Morgan fingerprint density at radius 2 is 2.38 bits per heavy atom. The summed E-state index contributed by atoms with van der Waals surface area (Å²) >= 11 is 0. The lowest BCUT2D eigenvalue weighted by Gasteiger charge is -2.10. The van der Waals surface area contributed by atoms with Crippen molar-refractivity contribution in [3.8, 4) is 11.8 Å². The predicted molar refractivity (Wildman–Crippen MR) is 83.0 cm³/mol. The Balaban J connectivity index is 1.94. The number of hydrogen-bond donors (Lipinski definition) is 2. The molecule has 1 aliphatic heterocycles. The van der Waals surface area contributed by atoms with Crippen LogP contribution in [0.3, 0.4) is 0 Å². The van der Waals surface area contributed by atoms with Gasteiger partial charge in [0.25, 0.3) is 5.91 Å². The molecule has 0 saturated carbocycles. The van der Waals surface area contributed by atoms with E-state index in [0.29, 0.717) is 24.6 Å². The van der Waals surface area contributed by atoms with E-state index in [9.17, 15) is 4.79 Å². The van der Waals surface area contributed by atoms with Gasteiger partial charge in [-0.1, -0.05) is 17.9 Å². The van der Waals surface area contributed by atoms with Gasteiger partial charge in [-0.05, 0) is 43.4 Å². The largest absolute Gasteiger partial charge is 0.381 e. The van der Waals surface area contributed by atoms with E-state index < -0.39 is 0 Å². The number of benzene rings is 1. The second kappa shape index (κ2) is 7.82. The molecule has 0 radical (unpaired) electrons. The number of aryl methyl sites for hydroxylation is 1. The first kappa shape index (κ1) is 15.6. The van der Waals surface area contributed by atoms with Gasteiger partial charge in [0, 0.05) is 30.9 Å². The van der Waals surface area contributed by atoms with Gasteiger partial charge < -0.3 is 15.8 Å². The maximum Gasteiger partial charge on any atom is 0.251 e. The van der Waals surface area contributed by atoms with Crippen LogP contribution < -0.4 is 11.1 Å². The topological polar surface area (TPSA) is 64.4 Å². The molecule has 0 spiro atoms. The molecule has 0 bridgehead atoms. The maximum absolute atomic E-state index is 12.3. The van der Waals surface area contributed by atoms with Crippen LogP contribution in [0.1, 0.15) is 34.3 Å². The van der Waals surface area contributed by atoms with Crippen molar-refractivity contribution < 1.29 is 9.53 Å². The monoisotopic (exact) mass is 286 g/mol. The molecular formula is C17H22N2O2. The summed E-state index contributed by atoms with van der Waals surface area (Å²) in [5, 5.41) is 2.98. The van der Waals surface area contributed by atoms with Crippen LogP contribution in [0.25, 0.3) is 0 Å². The molecule has 1 unspecified atom stereocenters. The number of nitrogens with two attached hydrogens (primary N) is 1. The Kier molecular flexibility index (Phi) is 5.79. The van der Waals surface area contributed by atoms with Gasteiger partial charge in [-0.15, -0.1) is 0 Å². The van der Waals surface area contributed by atoms with E-state index in [4.69, 9.17) is 10.5 Å². The van der Waals surface area contributed by atoms with E-state index in [2.05, 4.69) is 17.2 Å². The Morgan fingerprint density at radius 3 is 3.10 bits per heavy atom. The highest BCUT2D eigenvalue weighted by Crippen LogP contribution is 2.15. The van der Waals surface area contributed by atoms with Crippen LogP contribution in [0.2, 0.25) is 0 Å². The first-order valence-corrected chi connectivity index (χ1v) is 7.36. The van der Waals surface area contributed by atoms with Crippen molar-refractivity contribution in [2.45, 2.75) is 19.8 Å². The minimum Gasteiger partial charge on any atom is -0.381 e. The molecule has 21 heavy (non-hydrogen) atoms. The third-order valence-electron chi connectivity index (χ3n) is 3.68. The minimum absolute atomic E-state index is 0.0391. The number of amides is 1. The fourth-order valence-electron chi connectivity index (χ4n) is 2.39. The number of carbonyl (C=O) groups is 1. The second-order valence-corrected chi connectivity index (χ2v) is 5.31. The lowest BCUT2D eigenvalue weighted by Crippen LogP contribution is -2.26. The van der Waals surface area contributed by atoms with Gasteiger partial charge in [0.05, 0.1) is 6.54 Å². The zero-order chi connectivity index (χ0) is 15.1. The van der Waals surface area contributed by atoms with Gasteiger partial charge in [-0.3, -0.25) is 4.79 Å². The average Bonchev–Trinajstić information content (AvgIpc) is 2.99. The van der Waals surface area contributed by atoms with E-state index >= 15 is 0 Å². The maximum atomic E-state index is 12.3. The summed E-state index contributed by atoms with van der Waals surface area (Å²) in [4.78, 5) is 12.3. The predicted octanol–water partition coefficient (Wildman–Crippen LogP) is 1.46. The zero-order valence-electron chi connectivity index (χ0n) is 12.4. The molecule has 1 aromatic carbocycles. The second-order valence-electron chi connectivity index (χ2n) is 5.31. The molecule has 1 fully saturated rings. The number of hydrogen-bond acceptors (Lipinski definition) is 3. The summed E-state index contributed by atoms with van der Waals surface area (Å²) < 4.78 is 5.33. The fourth-order valence-corrected chi connectivity index (χ4v) is 2.39. The SMILES string of the molecule is Cc1ccc(C#CCN)cc1C(=O)NCCC1CCOC1. The van der Waals surface area contributed by atoms with Crippen molar-refractivity contribution in [1.82, 2.24) is 5.32 Å². The van der Waals surface area contributed by atoms with Crippen LogP contribution in [0.5, 0.6) is 0 Å². The third-order valence-corrected chi connectivity index (χ3v) is 3.68. The van der Waals surface area contributed by atoms with Crippen molar-refractivity contribution in [2.75, 3.05) is 26.3 Å². The van der Waals surface area contributed by atoms with Crippen LogP contribution in [-0.4, -0.2) is 32.2 Å². The molecule has 1 aromatic rings. The first-order valence-electron chi connectivity index (χ1n) is 7.36. The highest BCUT2D eigenvalue weighted by atomic mass is 16.5. The van der Waals surface area contributed by atoms with E-state index in [-0.39, 0.29) is 5.91 Å². The minimum atomic E-state index is -0.0391. The summed E-state index contributed by atoms with van der Waals surface area (Å²) in [6.45, 7) is 4.60. The van der Waals surface area contributed by atoms with Gasteiger partial charge in [-0.2, -0.15) is 0 Å². The van der Waals surface area contributed by atoms with Crippen LogP contribution in [0.15, 0.2) is 18.2 Å². The fraction of sp³-hybridized carbons (Fsp3) is 0.471. The molecule has 1 aliphatic rings. The van der Waals surface area contributed by atoms with Crippen LogP contribution in [-0.2, 0) is 4.74 Å². The summed E-state index contributed by atoms with van der Waals surface area (Å²) in [6, 6.07) is 5.65.